The Morgan fingerprint density at radius 1 is 1.44 bits per heavy atom. The van der Waals surface area contributed by atoms with Crippen molar-refractivity contribution in [1.29, 1.82) is 0 Å². The Kier molecular flexibility index (Phi) is 6.54. The van der Waals surface area contributed by atoms with Crippen LogP contribution in [0.15, 0.2) is 0 Å². The highest BCUT2D eigenvalue weighted by atomic mass is 32.2. The molecule has 1 saturated heterocycles. The molecule has 0 aromatic heterocycles. The summed E-state index contributed by atoms with van der Waals surface area (Å²) in [5.74, 6) is 0.813. The van der Waals surface area contributed by atoms with Crippen LogP contribution in [0.5, 0.6) is 0 Å². The van der Waals surface area contributed by atoms with E-state index in [1.165, 1.54) is 19.3 Å². The third-order valence-electron chi connectivity index (χ3n) is 3.31. The van der Waals surface area contributed by atoms with Crippen LogP contribution in [-0.4, -0.2) is 52.8 Å². The third-order valence-corrected chi connectivity index (χ3v) is 4.26. The maximum absolute atomic E-state index is 11.2. The topological polar surface area (TPSA) is 32.3 Å². The lowest BCUT2D eigenvalue weighted by Gasteiger charge is -2.36. The Balaban J connectivity index is 2.23. The quantitative estimate of drug-likeness (QED) is 0.765. The van der Waals surface area contributed by atoms with Gasteiger partial charge in [0.25, 0.3) is 0 Å². The maximum Gasteiger partial charge on any atom is 0.0385 e. The van der Waals surface area contributed by atoms with E-state index >= 15 is 0 Å². The van der Waals surface area contributed by atoms with Crippen molar-refractivity contribution in [3.8, 4) is 0 Å². The number of hydrogen-bond donors (Lipinski definition) is 1. The summed E-state index contributed by atoms with van der Waals surface area (Å²) in [5.41, 5.74) is 0. The molecule has 2 unspecified atom stereocenters. The lowest BCUT2D eigenvalue weighted by Crippen LogP contribution is -2.47. The molecule has 0 radical (unpaired) electrons. The second-order valence-electron chi connectivity index (χ2n) is 4.85. The zero-order valence-electron chi connectivity index (χ0n) is 10.9. The van der Waals surface area contributed by atoms with Crippen molar-refractivity contribution in [2.45, 2.75) is 45.2 Å². The molecule has 1 aliphatic rings. The van der Waals surface area contributed by atoms with E-state index in [0.717, 1.165) is 25.4 Å². The van der Waals surface area contributed by atoms with Crippen molar-refractivity contribution >= 4 is 10.8 Å². The molecule has 1 aliphatic heterocycles. The second-order valence-corrected chi connectivity index (χ2v) is 6.33. The molecule has 16 heavy (non-hydrogen) atoms. The van der Waals surface area contributed by atoms with Crippen LogP contribution in [0.3, 0.4) is 0 Å². The predicted octanol–water partition coefficient (Wildman–Crippen LogP) is 1.22. The molecule has 1 heterocycles. The molecule has 1 fully saturated rings. The highest BCUT2D eigenvalue weighted by Gasteiger charge is 2.22. The second kappa shape index (κ2) is 7.41. The van der Waals surface area contributed by atoms with E-state index in [4.69, 9.17) is 0 Å². The molecule has 4 heteroatoms. The van der Waals surface area contributed by atoms with Crippen LogP contribution in [-0.2, 0) is 10.8 Å². The number of likely N-dealkylation sites (tertiary alicyclic amines) is 1. The summed E-state index contributed by atoms with van der Waals surface area (Å²) < 4.78 is 11.2. The van der Waals surface area contributed by atoms with E-state index in [1.807, 2.05) is 0 Å². The van der Waals surface area contributed by atoms with E-state index in [-0.39, 0.29) is 0 Å². The summed E-state index contributed by atoms with van der Waals surface area (Å²) in [6.07, 6.45) is 5.48. The smallest absolute Gasteiger partial charge is 0.0385 e. The van der Waals surface area contributed by atoms with Crippen molar-refractivity contribution in [3.05, 3.63) is 0 Å². The molecule has 0 bridgehead atoms. The fraction of sp³-hybridized carbons (Fsp3) is 1.00. The van der Waals surface area contributed by atoms with Crippen LogP contribution in [0.2, 0.25) is 0 Å². The van der Waals surface area contributed by atoms with Crippen LogP contribution in [0, 0.1) is 0 Å². The van der Waals surface area contributed by atoms with Gasteiger partial charge in [-0.05, 0) is 45.8 Å². The summed E-state index contributed by atoms with van der Waals surface area (Å²) >= 11 is 0. The van der Waals surface area contributed by atoms with Gasteiger partial charge in [-0.25, -0.2) is 0 Å². The molecule has 96 valence electrons. The lowest BCUT2D eigenvalue weighted by molar-refractivity contribution is 0.163. The average molecular weight is 246 g/mol. The van der Waals surface area contributed by atoms with Crippen LogP contribution >= 0.6 is 0 Å². The molecule has 0 spiro atoms. The largest absolute Gasteiger partial charge is 0.314 e. The molecule has 0 aromatic carbocycles. The molecule has 0 amide bonds. The first-order chi connectivity index (χ1) is 7.63. The first-order valence-electron chi connectivity index (χ1n) is 6.41. The van der Waals surface area contributed by atoms with Crippen LogP contribution < -0.4 is 5.32 Å². The first kappa shape index (κ1) is 14.1. The minimum atomic E-state index is -0.668. The van der Waals surface area contributed by atoms with E-state index in [2.05, 4.69) is 24.1 Å². The Hall–Kier alpha value is 0.0700. The SMILES string of the molecule is CCCNC1CCN(C(C)CS(C)=O)CC1. The monoisotopic (exact) mass is 246 g/mol. The van der Waals surface area contributed by atoms with Gasteiger partial charge in [0.1, 0.15) is 0 Å². The van der Waals surface area contributed by atoms with Gasteiger partial charge in [-0.15, -0.1) is 0 Å². The average Bonchev–Trinajstić information content (AvgIpc) is 2.26. The summed E-state index contributed by atoms with van der Waals surface area (Å²) in [6, 6.07) is 1.17. The van der Waals surface area contributed by atoms with Gasteiger partial charge >= 0.3 is 0 Å². The fourth-order valence-corrected chi connectivity index (χ4v) is 3.23. The maximum atomic E-state index is 11.2. The molecular weight excluding hydrogens is 220 g/mol. The van der Waals surface area contributed by atoms with Gasteiger partial charge in [-0.3, -0.25) is 9.11 Å². The van der Waals surface area contributed by atoms with Gasteiger partial charge in [0.05, 0.1) is 0 Å². The summed E-state index contributed by atoms with van der Waals surface area (Å²) in [4.78, 5) is 2.48. The standard InChI is InChI=1S/C12H26N2OS/c1-4-7-13-12-5-8-14(9-6-12)11(2)10-16(3)15/h11-13H,4-10H2,1-3H3. The summed E-state index contributed by atoms with van der Waals surface area (Å²) in [5, 5.41) is 3.58. The van der Waals surface area contributed by atoms with Crippen molar-refractivity contribution in [2.24, 2.45) is 0 Å². The van der Waals surface area contributed by atoms with Crippen molar-refractivity contribution < 1.29 is 4.21 Å². The third kappa shape index (κ3) is 4.93. The highest BCUT2D eigenvalue weighted by Crippen LogP contribution is 2.13. The van der Waals surface area contributed by atoms with E-state index < -0.39 is 10.8 Å². The van der Waals surface area contributed by atoms with Crippen molar-refractivity contribution in [1.82, 2.24) is 10.2 Å². The minimum Gasteiger partial charge on any atom is -0.314 e. The molecule has 0 aromatic rings. The lowest BCUT2D eigenvalue weighted by atomic mass is 10.0. The molecule has 2 atom stereocenters. The molecule has 0 aliphatic carbocycles. The van der Waals surface area contributed by atoms with Gasteiger partial charge in [0.15, 0.2) is 0 Å². The normalized spacial score (nSPS) is 23.2. The van der Waals surface area contributed by atoms with E-state index in [1.54, 1.807) is 6.26 Å². The number of nitrogens with zero attached hydrogens (tertiary/aromatic N) is 1. The Morgan fingerprint density at radius 3 is 2.56 bits per heavy atom. The predicted molar refractivity (Wildman–Crippen MR) is 71.3 cm³/mol. The van der Waals surface area contributed by atoms with Crippen LogP contribution in [0.25, 0.3) is 0 Å². The molecule has 3 nitrogen and oxygen atoms in total. The summed E-state index contributed by atoms with van der Waals surface area (Å²) in [7, 11) is -0.668. The molecule has 1 rings (SSSR count). The highest BCUT2D eigenvalue weighted by molar-refractivity contribution is 7.84. The van der Waals surface area contributed by atoms with Crippen molar-refractivity contribution in [3.63, 3.8) is 0 Å². The first-order valence-corrected chi connectivity index (χ1v) is 8.13. The van der Waals surface area contributed by atoms with Gasteiger partial charge in [0.2, 0.25) is 0 Å². The Bertz CT molecular complexity index is 215. The molecular formula is C12H26N2OS. The zero-order valence-corrected chi connectivity index (χ0v) is 11.7. The van der Waals surface area contributed by atoms with Gasteiger partial charge in [0, 0.05) is 34.9 Å². The van der Waals surface area contributed by atoms with E-state index in [0.29, 0.717) is 12.1 Å². The molecule has 0 saturated carbocycles. The van der Waals surface area contributed by atoms with Crippen LogP contribution in [0.1, 0.15) is 33.1 Å². The van der Waals surface area contributed by atoms with E-state index in [9.17, 15) is 4.21 Å². The van der Waals surface area contributed by atoms with Gasteiger partial charge in [-0.2, -0.15) is 0 Å². The number of hydrogen-bond acceptors (Lipinski definition) is 3. The Morgan fingerprint density at radius 2 is 2.06 bits per heavy atom. The fourth-order valence-electron chi connectivity index (χ4n) is 2.34. The number of nitrogens with one attached hydrogen (secondary N) is 1. The minimum absolute atomic E-state index is 0.470. The van der Waals surface area contributed by atoms with Crippen molar-refractivity contribution in [2.75, 3.05) is 31.6 Å². The molecule has 1 N–H and O–H groups in total. The van der Waals surface area contributed by atoms with Gasteiger partial charge < -0.3 is 5.32 Å². The zero-order chi connectivity index (χ0) is 12.0. The van der Waals surface area contributed by atoms with Gasteiger partial charge in [-0.1, -0.05) is 6.92 Å². The Labute approximate surface area is 102 Å². The summed E-state index contributed by atoms with van der Waals surface area (Å²) in [6.45, 7) is 7.85. The number of rotatable bonds is 6. The number of piperidine rings is 1. The van der Waals surface area contributed by atoms with Crippen LogP contribution in [0.4, 0.5) is 0 Å².